The fraction of sp³-hybridized carbons (Fsp3) is 0.500. The molecule has 0 fully saturated rings. The first-order valence-corrected chi connectivity index (χ1v) is 3.63. The number of nitrogens with zero attached hydrogens (tertiary/aromatic N) is 1. The summed E-state index contributed by atoms with van der Waals surface area (Å²) >= 11 is 1.68. The van der Waals surface area contributed by atoms with Crippen molar-refractivity contribution in [2.75, 3.05) is 0 Å². The Morgan fingerprint density at radius 1 is 1.50 bits per heavy atom. The number of hydrogen-bond acceptors (Lipinski definition) is 2. The van der Waals surface area contributed by atoms with Gasteiger partial charge in [-0.3, -0.25) is 0 Å². The van der Waals surface area contributed by atoms with Crippen LogP contribution in [-0.4, -0.2) is 4.98 Å². The number of aromatic nitrogens is 1. The first-order chi connectivity index (χ1) is 3.97. The van der Waals surface area contributed by atoms with E-state index in [1.165, 1.54) is 29.8 Å². The lowest BCUT2D eigenvalue weighted by Crippen LogP contribution is -1.73. The SMILES string of the molecule is [c]1nc2c(s1)CCC2. The molecule has 2 heteroatoms. The Kier molecular flexibility index (Phi) is 0.875. The molecule has 8 heavy (non-hydrogen) atoms. The molecule has 1 radical (unpaired) electrons. The summed E-state index contributed by atoms with van der Waals surface area (Å²) in [7, 11) is 0. The van der Waals surface area contributed by atoms with Crippen molar-refractivity contribution in [2.24, 2.45) is 0 Å². The molecule has 0 aliphatic heterocycles. The lowest BCUT2D eigenvalue weighted by atomic mass is 10.4. The quantitative estimate of drug-likeness (QED) is 0.510. The highest BCUT2D eigenvalue weighted by atomic mass is 32.1. The normalized spacial score (nSPS) is 16.5. The molecule has 0 spiro atoms. The predicted octanol–water partition coefficient (Wildman–Crippen LogP) is 1.43. The van der Waals surface area contributed by atoms with E-state index in [1.54, 1.807) is 11.3 Å². The summed E-state index contributed by atoms with van der Waals surface area (Å²) in [4.78, 5) is 5.55. The minimum atomic E-state index is 1.19. The molecule has 0 amide bonds. The third-order valence-electron chi connectivity index (χ3n) is 1.49. The third-order valence-corrected chi connectivity index (χ3v) is 2.36. The van der Waals surface area contributed by atoms with Crippen LogP contribution < -0.4 is 0 Å². The van der Waals surface area contributed by atoms with Crippen LogP contribution in [-0.2, 0) is 12.8 Å². The Hall–Kier alpha value is -0.370. The summed E-state index contributed by atoms with van der Waals surface area (Å²) in [6.45, 7) is 0. The number of rotatable bonds is 0. The molecule has 0 bridgehead atoms. The molecular weight excluding hydrogens is 118 g/mol. The Labute approximate surface area is 52.4 Å². The molecule has 1 heterocycles. The molecule has 1 nitrogen and oxygen atoms in total. The van der Waals surface area contributed by atoms with Crippen molar-refractivity contribution in [3.05, 3.63) is 16.1 Å². The molecule has 0 aromatic carbocycles. The topological polar surface area (TPSA) is 12.9 Å². The molecular formula is C6H6NS. The lowest BCUT2D eigenvalue weighted by molar-refractivity contribution is 0.899. The predicted molar refractivity (Wildman–Crippen MR) is 33.0 cm³/mol. The van der Waals surface area contributed by atoms with E-state index in [9.17, 15) is 0 Å². The molecule has 0 unspecified atom stereocenters. The van der Waals surface area contributed by atoms with Gasteiger partial charge in [-0.25, -0.2) is 4.98 Å². The summed E-state index contributed by atoms with van der Waals surface area (Å²) in [5.74, 6) is 0. The van der Waals surface area contributed by atoms with Gasteiger partial charge in [0.15, 0.2) is 5.51 Å². The van der Waals surface area contributed by atoms with Crippen LogP contribution in [0.2, 0.25) is 0 Å². The average Bonchev–Trinajstić information content (AvgIpc) is 2.15. The molecule has 1 aliphatic rings. The fourth-order valence-electron chi connectivity index (χ4n) is 1.06. The Morgan fingerprint density at radius 2 is 2.50 bits per heavy atom. The van der Waals surface area contributed by atoms with E-state index in [2.05, 4.69) is 10.5 Å². The zero-order chi connectivity index (χ0) is 5.40. The van der Waals surface area contributed by atoms with E-state index in [1.807, 2.05) is 0 Å². The molecule has 0 atom stereocenters. The minimum Gasteiger partial charge on any atom is -0.238 e. The lowest BCUT2D eigenvalue weighted by Gasteiger charge is -1.77. The molecule has 1 aliphatic carbocycles. The molecule has 0 saturated heterocycles. The summed E-state index contributed by atoms with van der Waals surface area (Å²) in [6, 6.07) is 0. The highest BCUT2D eigenvalue weighted by Gasteiger charge is 2.11. The van der Waals surface area contributed by atoms with E-state index >= 15 is 0 Å². The van der Waals surface area contributed by atoms with Crippen LogP contribution in [0.15, 0.2) is 0 Å². The Morgan fingerprint density at radius 3 is 3.38 bits per heavy atom. The van der Waals surface area contributed by atoms with Gasteiger partial charge < -0.3 is 0 Å². The van der Waals surface area contributed by atoms with Crippen LogP contribution >= 0.6 is 11.3 Å². The van der Waals surface area contributed by atoms with Gasteiger partial charge in [0.1, 0.15) is 0 Å². The van der Waals surface area contributed by atoms with E-state index < -0.39 is 0 Å². The zero-order valence-electron chi connectivity index (χ0n) is 4.48. The first-order valence-electron chi connectivity index (χ1n) is 2.81. The molecule has 0 saturated carbocycles. The van der Waals surface area contributed by atoms with E-state index in [0.29, 0.717) is 0 Å². The average molecular weight is 124 g/mol. The van der Waals surface area contributed by atoms with Gasteiger partial charge >= 0.3 is 0 Å². The van der Waals surface area contributed by atoms with Crippen molar-refractivity contribution in [1.82, 2.24) is 4.98 Å². The Balaban J connectivity index is 2.54. The van der Waals surface area contributed by atoms with Crippen molar-refractivity contribution >= 4 is 11.3 Å². The Bertz CT molecular complexity index is 174. The van der Waals surface area contributed by atoms with Crippen molar-refractivity contribution in [3.8, 4) is 0 Å². The third kappa shape index (κ3) is 0.494. The van der Waals surface area contributed by atoms with Gasteiger partial charge in [-0.2, -0.15) is 0 Å². The summed E-state index contributed by atoms with van der Waals surface area (Å²) in [5.41, 5.74) is 4.19. The maximum atomic E-state index is 4.09. The number of fused-ring (bicyclic) bond motifs is 1. The molecule has 0 N–H and O–H groups in total. The van der Waals surface area contributed by atoms with Crippen molar-refractivity contribution < 1.29 is 0 Å². The van der Waals surface area contributed by atoms with Crippen molar-refractivity contribution in [1.29, 1.82) is 0 Å². The van der Waals surface area contributed by atoms with Gasteiger partial charge in [-0.05, 0) is 19.3 Å². The highest BCUT2D eigenvalue weighted by Crippen LogP contribution is 2.22. The molecule has 2 rings (SSSR count). The molecule has 41 valence electrons. The van der Waals surface area contributed by atoms with Gasteiger partial charge in [-0.15, -0.1) is 11.3 Å². The van der Waals surface area contributed by atoms with Gasteiger partial charge in [0.25, 0.3) is 0 Å². The van der Waals surface area contributed by atoms with Crippen molar-refractivity contribution in [2.45, 2.75) is 19.3 Å². The van der Waals surface area contributed by atoms with E-state index in [0.717, 1.165) is 0 Å². The van der Waals surface area contributed by atoms with E-state index in [-0.39, 0.29) is 0 Å². The van der Waals surface area contributed by atoms with Crippen molar-refractivity contribution in [3.63, 3.8) is 0 Å². The maximum absolute atomic E-state index is 4.09. The van der Waals surface area contributed by atoms with Crippen LogP contribution in [0.4, 0.5) is 0 Å². The van der Waals surface area contributed by atoms with Crippen LogP contribution in [0.1, 0.15) is 17.0 Å². The van der Waals surface area contributed by atoms with Gasteiger partial charge in [-0.1, -0.05) is 0 Å². The summed E-state index contributed by atoms with van der Waals surface area (Å²) in [5, 5.41) is 0. The van der Waals surface area contributed by atoms with Gasteiger partial charge in [0.05, 0.1) is 5.69 Å². The molecule has 1 aromatic heterocycles. The summed E-state index contributed by atoms with van der Waals surface area (Å²) in [6.07, 6.45) is 3.74. The number of hydrogen-bond donors (Lipinski definition) is 0. The monoisotopic (exact) mass is 124 g/mol. The number of aryl methyl sites for hydroxylation is 2. The second kappa shape index (κ2) is 1.55. The van der Waals surface area contributed by atoms with Crippen LogP contribution in [0.3, 0.4) is 0 Å². The van der Waals surface area contributed by atoms with Crippen LogP contribution in [0, 0.1) is 5.51 Å². The maximum Gasteiger partial charge on any atom is 0.152 e. The smallest absolute Gasteiger partial charge is 0.152 e. The summed E-state index contributed by atoms with van der Waals surface area (Å²) < 4.78 is 0. The van der Waals surface area contributed by atoms with Gasteiger partial charge in [0, 0.05) is 4.88 Å². The number of thiazole rings is 1. The van der Waals surface area contributed by atoms with Gasteiger partial charge in [0.2, 0.25) is 0 Å². The largest absolute Gasteiger partial charge is 0.238 e. The molecule has 1 aromatic rings. The highest BCUT2D eigenvalue weighted by molar-refractivity contribution is 7.09. The fourth-order valence-corrected chi connectivity index (χ4v) is 1.84. The second-order valence-corrected chi connectivity index (χ2v) is 2.91. The standard InChI is InChI=1S/C6H6NS/c1-2-5-6(3-1)8-4-7-5/h1-3H2. The minimum absolute atomic E-state index is 1.19. The van der Waals surface area contributed by atoms with E-state index in [4.69, 9.17) is 0 Å². The zero-order valence-corrected chi connectivity index (χ0v) is 5.29. The second-order valence-electron chi connectivity index (χ2n) is 2.03. The first kappa shape index (κ1) is 4.50. The van der Waals surface area contributed by atoms with Crippen LogP contribution in [0.5, 0.6) is 0 Å². The van der Waals surface area contributed by atoms with Crippen LogP contribution in [0.25, 0.3) is 0 Å².